The Balaban J connectivity index is 3.64. The van der Waals surface area contributed by atoms with E-state index in [9.17, 15) is 4.79 Å². The largest absolute Gasteiger partial charge is 0.300 e. The minimum Gasteiger partial charge on any atom is -0.300 e. The summed E-state index contributed by atoms with van der Waals surface area (Å²) in [6.07, 6.45) is 4.21. The van der Waals surface area contributed by atoms with Crippen molar-refractivity contribution in [2.75, 3.05) is 0 Å². The highest BCUT2D eigenvalue weighted by Gasteiger charge is 1.91. The number of ketones is 1. The summed E-state index contributed by atoms with van der Waals surface area (Å²) in [6, 6.07) is 0. The summed E-state index contributed by atoms with van der Waals surface area (Å²) in [6.45, 7) is 7.15. The van der Waals surface area contributed by atoms with Crippen molar-refractivity contribution in [3.63, 3.8) is 0 Å². The molecule has 0 amide bonds. The lowest BCUT2D eigenvalue weighted by molar-refractivity contribution is -0.116. The molecule has 0 aliphatic heterocycles. The van der Waals surface area contributed by atoms with Gasteiger partial charge in [-0.15, -0.1) is 0 Å². The van der Waals surface area contributed by atoms with E-state index in [1.54, 1.807) is 6.92 Å². The first-order chi connectivity index (χ1) is 4.16. The van der Waals surface area contributed by atoms with E-state index in [0.717, 1.165) is 5.57 Å². The SMILES string of the molecule is C=C(/C=C\C)CC(C)=O. The van der Waals surface area contributed by atoms with E-state index in [4.69, 9.17) is 0 Å². The minimum atomic E-state index is 0.165. The highest BCUT2D eigenvalue weighted by molar-refractivity contribution is 5.78. The lowest BCUT2D eigenvalue weighted by atomic mass is 10.1. The molecule has 0 heterocycles. The van der Waals surface area contributed by atoms with Crippen LogP contribution in [0.15, 0.2) is 24.3 Å². The molecule has 0 saturated heterocycles. The summed E-state index contributed by atoms with van der Waals surface area (Å²) in [4.78, 5) is 10.4. The number of Topliss-reactive ketones (excluding diaryl/α,β-unsaturated/α-hetero) is 1. The number of carbonyl (C=O) groups excluding carboxylic acids is 1. The fourth-order valence-electron chi connectivity index (χ4n) is 0.614. The third-order valence-corrected chi connectivity index (χ3v) is 0.878. The van der Waals surface area contributed by atoms with Crippen molar-refractivity contribution in [1.82, 2.24) is 0 Å². The predicted molar refractivity (Wildman–Crippen MR) is 39.3 cm³/mol. The molecule has 0 aromatic carbocycles. The summed E-state index contributed by atoms with van der Waals surface area (Å²) in [5, 5.41) is 0. The van der Waals surface area contributed by atoms with Gasteiger partial charge in [0.2, 0.25) is 0 Å². The van der Waals surface area contributed by atoms with Gasteiger partial charge in [-0.1, -0.05) is 18.7 Å². The molecule has 9 heavy (non-hydrogen) atoms. The fourth-order valence-corrected chi connectivity index (χ4v) is 0.614. The van der Waals surface area contributed by atoms with E-state index in [-0.39, 0.29) is 5.78 Å². The third-order valence-electron chi connectivity index (χ3n) is 0.878. The quantitative estimate of drug-likeness (QED) is 0.526. The molecule has 0 saturated carbocycles. The molecular formula is C8H12O. The number of carbonyl (C=O) groups is 1. The summed E-state index contributed by atoms with van der Waals surface area (Å²) in [5.74, 6) is 0.165. The Morgan fingerprint density at radius 3 is 2.56 bits per heavy atom. The number of rotatable bonds is 3. The molecular weight excluding hydrogens is 112 g/mol. The lowest BCUT2D eigenvalue weighted by Crippen LogP contribution is -1.89. The summed E-state index contributed by atoms with van der Waals surface area (Å²) < 4.78 is 0. The van der Waals surface area contributed by atoms with Crippen LogP contribution in [0.4, 0.5) is 0 Å². The van der Waals surface area contributed by atoms with Gasteiger partial charge in [0, 0.05) is 6.42 Å². The Morgan fingerprint density at radius 2 is 2.22 bits per heavy atom. The smallest absolute Gasteiger partial charge is 0.134 e. The van der Waals surface area contributed by atoms with E-state index in [2.05, 4.69) is 6.58 Å². The first kappa shape index (κ1) is 8.15. The molecule has 1 nitrogen and oxygen atoms in total. The van der Waals surface area contributed by atoms with Crippen LogP contribution in [0.5, 0.6) is 0 Å². The second-order valence-corrected chi connectivity index (χ2v) is 2.04. The highest BCUT2D eigenvalue weighted by atomic mass is 16.1. The zero-order valence-corrected chi connectivity index (χ0v) is 5.98. The summed E-state index contributed by atoms with van der Waals surface area (Å²) in [7, 11) is 0. The molecule has 0 N–H and O–H groups in total. The van der Waals surface area contributed by atoms with Crippen LogP contribution in [-0.4, -0.2) is 5.78 Å². The lowest BCUT2D eigenvalue weighted by Gasteiger charge is -1.91. The van der Waals surface area contributed by atoms with Crippen LogP contribution in [0.2, 0.25) is 0 Å². The van der Waals surface area contributed by atoms with Crippen molar-refractivity contribution >= 4 is 5.78 Å². The van der Waals surface area contributed by atoms with Gasteiger partial charge in [0.25, 0.3) is 0 Å². The van der Waals surface area contributed by atoms with Crippen LogP contribution >= 0.6 is 0 Å². The second-order valence-electron chi connectivity index (χ2n) is 2.04. The van der Waals surface area contributed by atoms with Gasteiger partial charge in [-0.2, -0.15) is 0 Å². The maximum atomic E-state index is 10.4. The standard InChI is InChI=1S/C8H12O/c1-4-5-7(2)6-8(3)9/h4-5H,2,6H2,1,3H3/b5-4-. The normalized spacial score (nSPS) is 10.0. The van der Waals surface area contributed by atoms with Crippen molar-refractivity contribution in [2.24, 2.45) is 0 Å². The number of allylic oxidation sites excluding steroid dienone is 3. The van der Waals surface area contributed by atoms with E-state index in [1.807, 2.05) is 19.1 Å². The molecule has 0 bridgehead atoms. The second kappa shape index (κ2) is 4.07. The van der Waals surface area contributed by atoms with Crippen LogP contribution < -0.4 is 0 Å². The molecule has 0 spiro atoms. The van der Waals surface area contributed by atoms with Gasteiger partial charge in [0.1, 0.15) is 5.78 Å². The average molecular weight is 124 g/mol. The average Bonchev–Trinajstić information content (AvgIpc) is 1.63. The molecule has 0 aliphatic carbocycles. The van der Waals surface area contributed by atoms with Crippen molar-refractivity contribution in [3.05, 3.63) is 24.3 Å². The van der Waals surface area contributed by atoms with Crippen molar-refractivity contribution < 1.29 is 4.79 Å². The molecule has 50 valence electrons. The van der Waals surface area contributed by atoms with Gasteiger partial charge in [-0.25, -0.2) is 0 Å². The van der Waals surface area contributed by atoms with Gasteiger partial charge in [0.15, 0.2) is 0 Å². The molecule has 0 aliphatic rings. The number of hydrogen-bond donors (Lipinski definition) is 0. The van der Waals surface area contributed by atoms with Crippen LogP contribution in [0.3, 0.4) is 0 Å². The Labute approximate surface area is 56.1 Å². The van der Waals surface area contributed by atoms with E-state index >= 15 is 0 Å². The van der Waals surface area contributed by atoms with Gasteiger partial charge < -0.3 is 0 Å². The zero-order valence-electron chi connectivity index (χ0n) is 5.98. The molecule has 0 radical (unpaired) electrons. The maximum Gasteiger partial charge on any atom is 0.134 e. The Bertz CT molecular complexity index is 143. The van der Waals surface area contributed by atoms with Gasteiger partial charge >= 0.3 is 0 Å². The first-order valence-electron chi connectivity index (χ1n) is 2.96. The summed E-state index contributed by atoms with van der Waals surface area (Å²) in [5.41, 5.74) is 0.880. The molecule has 0 aromatic rings. The van der Waals surface area contributed by atoms with Gasteiger partial charge in [0.05, 0.1) is 0 Å². The Kier molecular flexibility index (Phi) is 3.69. The topological polar surface area (TPSA) is 17.1 Å². The molecule has 0 fully saturated rings. The van der Waals surface area contributed by atoms with Crippen molar-refractivity contribution in [3.8, 4) is 0 Å². The molecule has 0 unspecified atom stereocenters. The van der Waals surface area contributed by atoms with Crippen LogP contribution in [0.25, 0.3) is 0 Å². The number of hydrogen-bond acceptors (Lipinski definition) is 1. The van der Waals surface area contributed by atoms with Crippen LogP contribution in [-0.2, 0) is 4.79 Å². The maximum absolute atomic E-state index is 10.4. The monoisotopic (exact) mass is 124 g/mol. The summed E-state index contributed by atoms with van der Waals surface area (Å²) >= 11 is 0. The van der Waals surface area contributed by atoms with Gasteiger partial charge in [-0.05, 0) is 19.4 Å². The van der Waals surface area contributed by atoms with E-state index in [1.165, 1.54) is 0 Å². The minimum absolute atomic E-state index is 0.165. The molecule has 0 aromatic heterocycles. The molecule has 0 atom stereocenters. The van der Waals surface area contributed by atoms with Gasteiger partial charge in [-0.3, -0.25) is 4.79 Å². The first-order valence-corrected chi connectivity index (χ1v) is 2.96. The van der Waals surface area contributed by atoms with Crippen LogP contribution in [0.1, 0.15) is 20.3 Å². The Hall–Kier alpha value is -0.850. The molecule has 0 rings (SSSR count). The zero-order chi connectivity index (χ0) is 7.28. The van der Waals surface area contributed by atoms with Crippen LogP contribution in [0, 0.1) is 0 Å². The van der Waals surface area contributed by atoms with Crippen molar-refractivity contribution in [2.45, 2.75) is 20.3 Å². The van der Waals surface area contributed by atoms with E-state index < -0.39 is 0 Å². The third kappa shape index (κ3) is 5.01. The van der Waals surface area contributed by atoms with E-state index in [0.29, 0.717) is 6.42 Å². The highest BCUT2D eigenvalue weighted by Crippen LogP contribution is 1.99. The van der Waals surface area contributed by atoms with Crippen molar-refractivity contribution in [1.29, 1.82) is 0 Å². The predicted octanol–water partition coefficient (Wildman–Crippen LogP) is 2.10. The Morgan fingerprint density at radius 1 is 1.67 bits per heavy atom. The fraction of sp³-hybridized carbons (Fsp3) is 0.375. The molecule has 1 heteroatoms.